The molecule has 0 aromatic rings. The molecule has 1 N–H and O–H groups in total. The molecule has 1 aliphatic heterocycles. The SMILES string of the molecule is CCCCCCCCOC(CCC(=O)OC1CC(OC(O)CCC(OCCCCCCCC)OCCCCCCCC)CN(C(=O)OCCCN(CC)CC)C1)OCCCCCCCC. The first-order chi connectivity index (χ1) is 31.8. The number of amides is 1. The van der Waals surface area contributed by atoms with E-state index in [9.17, 15) is 14.7 Å². The summed E-state index contributed by atoms with van der Waals surface area (Å²) in [5, 5.41) is 11.2. The van der Waals surface area contributed by atoms with Crippen molar-refractivity contribution in [2.75, 3.05) is 65.8 Å². The number of rotatable bonds is 47. The fraction of sp³-hybridized carbons (Fsp3) is 0.962. The zero-order valence-electron chi connectivity index (χ0n) is 43.2. The van der Waals surface area contributed by atoms with Gasteiger partial charge in [-0.05, 0) is 45.2 Å². The van der Waals surface area contributed by atoms with Crippen LogP contribution >= 0.6 is 0 Å². The van der Waals surface area contributed by atoms with E-state index < -0.39 is 37.2 Å². The van der Waals surface area contributed by atoms with Crippen molar-refractivity contribution >= 4 is 12.1 Å². The van der Waals surface area contributed by atoms with Gasteiger partial charge in [-0.2, -0.15) is 0 Å². The van der Waals surface area contributed by atoms with Crippen molar-refractivity contribution in [2.45, 2.75) is 265 Å². The van der Waals surface area contributed by atoms with Gasteiger partial charge in [-0.1, -0.05) is 170 Å². The molecule has 65 heavy (non-hydrogen) atoms. The van der Waals surface area contributed by atoms with Crippen LogP contribution < -0.4 is 0 Å². The van der Waals surface area contributed by atoms with Gasteiger partial charge in [0.15, 0.2) is 18.9 Å². The predicted octanol–water partition coefficient (Wildman–Crippen LogP) is 12.9. The molecule has 0 aliphatic carbocycles. The van der Waals surface area contributed by atoms with Crippen LogP contribution in [0, 0.1) is 0 Å². The van der Waals surface area contributed by atoms with Crippen molar-refractivity contribution < 1.29 is 47.9 Å². The van der Waals surface area contributed by atoms with Crippen LogP contribution in [0.5, 0.6) is 0 Å². The normalized spacial score (nSPS) is 16.0. The van der Waals surface area contributed by atoms with E-state index >= 15 is 0 Å². The number of aliphatic hydroxyl groups is 1. The van der Waals surface area contributed by atoms with Crippen LogP contribution in [-0.4, -0.2) is 124 Å². The van der Waals surface area contributed by atoms with Crippen LogP contribution in [0.25, 0.3) is 0 Å². The Labute approximate surface area is 399 Å². The van der Waals surface area contributed by atoms with E-state index in [1.165, 1.54) is 103 Å². The number of likely N-dealkylation sites (tertiary alicyclic amines) is 1. The Morgan fingerprint density at radius 2 is 0.938 bits per heavy atom. The second-order valence-electron chi connectivity index (χ2n) is 18.5. The van der Waals surface area contributed by atoms with Crippen molar-refractivity contribution in [3.63, 3.8) is 0 Å². The number of aliphatic hydroxyl groups excluding tert-OH is 1. The maximum absolute atomic E-state index is 13.4. The Hall–Kier alpha value is -1.54. The van der Waals surface area contributed by atoms with E-state index in [0.717, 1.165) is 77.4 Å². The van der Waals surface area contributed by atoms with Gasteiger partial charge < -0.3 is 48.1 Å². The summed E-state index contributed by atoms with van der Waals surface area (Å²) in [7, 11) is 0. The zero-order chi connectivity index (χ0) is 47.4. The Bertz CT molecular complexity index is 1020. The van der Waals surface area contributed by atoms with Gasteiger partial charge in [0.1, 0.15) is 6.10 Å². The van der Waals surface area contributed by atoms with E-state index in [4.69, 9.17) is 33.2 Å². The highest BCUT2D eigenvalue weighted by molar-refractivity contribution is 5.70. The summed E-state index contributed by atoms with van der Waals surface area (Å²) in [6.45, 7) is 19.1. The number of hydrogen-bond donors (Lipinski definition) is 1. The molecule has 12 nitrogen and oxygen atoms in total. The number of piperidine rings is 1. The lowest BCUT2D eigenvalue weighted by Gasteiger charge is -2.37. The van der Waals surface area contributed by atoms with Crippen molar-refractivity contribution in [1.82, 2.24) is 9.80 Å². The van der Waals surface area contributed by atoms with E-state index in [2.05, 4.69) is 46.4 Å². The Balaban J connectivity index is 2.89. The lowest BCUT2D eigenvalue weighted by Crippen LogP contribution is -2.51. The van der Waals surface area contributed by atoms with Crippen LogP contribution in [-0.2, 0) is 38.0 Å². The third-order valence-electron chi connectivity index (χ3n) is 12.5. The Kier molecular flexibility index (Phi) is 42.5. The van der Waals surface area contributed by atoms with E-state index in [0.29, 0.717) is 58.7 Å². The number of ether oxygens (including phenoxy) is 7. The second kappa shape index (κ2) is 44.9. The number of unbranched alkanes of at least 4 members (excludes halogenated alkanes) is 20. The summed E-state index contributed by atoms with van der Waals surface area (Å²) in [6, 6.07) is 0. The molecule has 3 unspecified atom stereocenters. The highest BCUT2D eigenvalue weighted by Crippen LogP contribution is 2.22. The summed E-state index contributed by atoms with van der Waals surface area (Å²) in [5.74, 6) is -0.368. The standard InChI is InChI=1S/C53H104N2O10/c1-7-13-17-21-25-29-39-59-51(60-40-30-26-22-18-14-8-2)36-34-49(56)64-47-44-48(46-55(45-47)53(58)63-43-33-38-54(11-5)12-6)65-50(57)35-37-52(61-41-31-27-23-19-15-9-3)62-42-32-28-24-20-16-10-4/h47-49,51-52,56H,7-46H2,1-6H3. The van der Waals surface area contributed by atoms with Gasteiger partial charge in [-0.3, -0.25) is 4.79 Å². The molecule has 0 bridgehead atoms. The van der Waals surface area contributed by atoms with Crippen molar-refractivity contribution in [2.24, 2.45) is 0 Å². The summed E-state index contributed by atoms with van der Waals surface area (Å²) in [4.78, 5) is 30.7. The molecule has 3 atom stereocenters. The minimum Gasteiger partial charge on any atom is -0.460 e. The van der Waals surface area contributed by atoms with Gasteiger partial charge in [0.05, 0.1) is 32.2 Å². The summed E-state index contributed by atoms with van der Waals surface area (Å²) in [6.07, 6.45) is 27.1. The molecule has 1 saturated heterocycles. The van der Waals surface area contributed by atoms with Gasteiger partial charge in [0, 0.05) is 58.7 Å². The lowest BCUT2D eigenvalue weighted by atomic mass is 10.1. The highest BCUT2D eigenvalue weighted by Gasteiger charge is 2.35. The van der Waals surface area contributed by atoms with Crippen LogP contribution in [0.2, 0.25) is 0 Å². The number of esters is 1. The number of carbonyl (C=O) groups excluding carboxylic acids is 2. The van der Waals surface area contributed by atoms with Crippen LogP contribution in [0.1, 0.15) is 234 Å². The summed E-state index contributed by atoms with van der Waals surface area (Å²) < 4.78 is 42.8. The van der Waals surface area contributed by atoms with Crippen molar-refractivity contribution in [3.8, 4) is 0 Å². The van der Waals surface area contributed by atoms with Crippen molar-refractivity contribution in [3.05, 3.63) is 0 Å². The molecule has 0 spiro atoms. The van der Waals surface area contributed by atoms with Gasteiger partial charge >= 0.3 is 12.1 Å². The predicted molar refractivity (Wildman–Crippen MR) is 264 cm³/mol. The Morgan fingerprint density at radius 3 is 1.38 bits per heavy atom. The molecule has 0 radical (unpaired) electrons. The first-order valence-corrected chi connectivity index (χ1v) is 27.4. The second-order valence-corrected chi connectivity index (χ2v) is 18.5. The topological polar surface area (TPSA) is 125 Å². The molecule has 0 aromatic heterocycles. The minimum absolute atomic E-state index is 0.136. The number of hydrogen-bond acceptors (Lipinski definition) is 11. The van der Waals surface area contributed by atoms with Crippen molar-refractivity contribution in [1.29, 1.82) is 0 Å². The molecule has 1 rings (SSSR count). The third-order valence-corrected chi connectivity index (χ3v) is 12.5. The lowest BCUT2D eigenvalue weighted by molar-refractivity contribution is -0.189. The monoisotopic (exact) mass is 929 g/mol. The summed E-state index contributed by atoms with van der Waals surface area (Å²) >= 11 is 0. The van der Waals surface area contributed by atoms with Gasteiger partial charge in [0.25, 0.3) is 0 Å². The largest absolute Gasteiger partial charge is 0.460 e. The molecular formula is C53H104N2O10. The van der Waals surface area contributed by atoms with E-state index in [1.54, 1.807) is 4.90 Å². The fourth-order valence-corrected chi connectivity index (χ4v) is 8.29. The molecule has 1 heterocycles. The number of carbonyl (C=O) groups is 2. The van der Waals surface area contributed by atoms with Crippen LogP contribution in [0.4, 0.5) is 4.79 Å². The maximum Gasteiger partial charge on any atom is 0.409 e. The molecule has 1 aliphatic rings. The third kappa shape index (κ3) is 36.2. The van der Waals surface area contributed by atoms with E-state index in [1.807, 2.05) is 0 Å². The average molecular weight is 929 g/mol. The molecule has 0 saturated carbocycles. The molecular weight excluding hydrogens is 825 g/mol. The first kappa shape index (κ1) is 61.5. The fourth-order valence-electron chi connectivity index (χ4n) is 8.29. The summed E-state index contributed by atoms with van der Waals surface area (Å²) in [5.41, 5.74) is 0. The minimum atomic E-state index is -1.10. The smallest absolute Gasteiger partial charge is 0.409 e. The molecule has 0 aromatic carbocycles. The quantitative estimate of drug-likeness (QED) is 0.0356. The number of nitrogens with zero attached hydrogens (tertiary/aromatic N) is 2. The van der Waals surface area contributed by atoms with Gasteiger partial charge in [0.2, 0.25) is 0 Å². The molecule has 12 heteroatoms. The van der Waals surface area contributed by atoms with Gasteiger partial charge in [-0.25, -0.2) is 4.79 Å². The maximum atomic E-state index is 13.4. The average Bonchev–Trinajstić information content (AvgIpc) is 3.30. The van der Waals surface area contributed by atoms with E-state index in [-0.39, 0.29) is 25.5 Å². The highest BCUT2D eigenvalue weighted by atomic mass is 16.7. The first-order valence-electron chi connectivity index (χ1n) is 27.4. The zero-order valence-corrected chi connectivity index (χ0v) is 43.2. The molecule has 1 fully saturated rings. The Morgan fingerprint density at radius 1 is 0.523 bits per heavy atom. The molecule has 386 valence electrons. The van der Waals surface area contributed by atoms with Gasteiger partial charge in [-0.15, -0.1) is 0 Å². The van der Waals surface area contributed by atoms with Crippen LogP contribution in [0.15, 0.2) is 0 Å². The van der Waals surface area contributed by atoms with Crippen LogP contribution in [0.3, 0.4) is 0 Å². The molecule has 1 amide bonds.